The zero-order valence-electron chi connectivity index (χ0n) is 13.8. The molecule has 7 heteroatoms. The van der Waals surface area contributed by atoms with Crippen LogP contribution in [0.3, 0.4) is 0 Å². The van der Waals surface area contributed by atoms with E-state index in [2.05, 4.69) is 5.32 Å². The summed E-state index contributed by atoms with van der Waals surface area (Å²) in [5, 5.41) is 2.48. The normalized spacial score (nSPS) is 11.1. The minimum atomic E-state index is -4.51. The second-order valence-electron chi connectivity index (χ2n) is 5.24. The van der Waals surface area contributed by atoms with Crippen LogP contribution in [0, 0.1) is 0 Å². The average molecular weight is 353 g/mol. The molecule has 0 aliphatic carbocycles. The number of benzene rings is 2. The van der Waals surface area contributed by atoms with Gasteiger partial charge in [0.2, 0.25) is 0 Å². The Morgan fingerprint density at radius 2 is 1.80 bits per heavy atom. The van der Waals surface area contributed by atoms with Crippen molar-refractivity contribution in [3.63, 3.8) is 0 Å². The first-order valence-corrected chi connectivity index (χ1v) is 7.64. The molecule has 4 nitrogen and oxygen atoms in total. The maximum Gasteiger partial charge on any atom is 0.416 e. The SMILES string of the molecule is CCCOc1ccc(C(F)(F)F)cc1NC(=O)c1ccc(OC)cc1. The highest BCUT2D eigenvalue weighted by Crippen LogP contribution is 2.35. The predicted octanol–water partition coefficient (Wildman–Crippen LogP) is 4.76. The Balaban J connectivity index is 2.28. The number of amides is 1. The molecule has 0 saturated carbocycles. The molecular weight excluding hydrogens is 335 g/mol. The summed E-state index contributed by atoms with van der Waals surface area (Å²) in [5.74, 6) is 0.225. The van der Waals surface area contributed by atoms with Crippen LogP contribution < -0.4 is 14.8 Å². The van der Waals surface area contributed by atoms with Crippen molar-refractivity contribution in [1.29, 1.82) is 0 Å². The Morgan fingerprint density at radius 3 is 2.36 bits per heavy atom. The third kappa shape index (κ3) is 4.89. The van der Waals surface area contributed by atoms with Gasteiger partial charge in [0.05, 0.1) is 25.0 Å². The monoisotopic (exact) mass is 353 g/mol. The van der Waals surface area contributed by atoms with E-state index in [1.807, 2.05) is 6.92 Å². The van der Waals surface area contributed by atoms with Crippen molar-refractivity contribution in [3.8, 4) is 11.5 Å². The summed E-state index contributed by atoms with van der Waals surface area (Å²) in [6.07, 6.45) is -3.82. The van der Waals surface area contributed by atoms with Crippen LogP contribution in [0.2, 0.25) is 0 Å². The highest BCUT2D eigenvalue weighted by atomic mass is 19.4. The number of carbonyl (C=O) groups excluding carboxylic acids is 1. The highest BCUT2D eigenvalue weighted by molar-refractivity contribution is 6.05. The second-order valence-corrected chi connectivity index (χ2v) is 5.24. The van der Waals surface area contributed by atoms with Crippen LogP contribution in [0.4, 0.5) is 18.9 Å². The van der Waals surface area contributed by atoms with E-state index in [1.165, 1.54) is 25.3 Å². The van der Waals surface area contributed by atoms with Gasteiger partial charge in [-0.05, 0) is 48.9 Å². The number of rotatable bonds is 6. The number of anilines is 1. The number of alkyl halides is 3. The Kier molecular flexibility index (Phi) is 5.90. The van der Waals surface area contributed by atoms with Crippen molar-refractivity contribution >= 4 is 11.6 Å². The Morgan fingerprint density at radius 1 is 1.12 bits per heavy atom. The summed E-state index contributed by atoms with van der Waals surface area (Å²) in [5.41, 5.74) is -0.592. The van der Waals surface area contributed by atoms with Gasteiger partial charge in [-0.2, -0.15) is 13.2 Å². The fourth-order valence-electron chi connectivity index (χ4n) is 2.08. The minimum absolute atomic E-state index is 0.0240. The van der Waals surface area contributed by atoms with E-state index in [0.29, 0.717) is 24.3 Å². The molecule has 25 heavy (non-hydrogen) atoms. The largest absolute Gasteiger partial charge is 0.497 e. The molecule has 0 saturated heterocycles. The lowest BCUT2D eigenvalue weighted by Crippen LogP contribution is -2.14. The molecule has 0 fully saturated rings. The van der Waals surface area contributed by atoms with Crippen molar-refractivity contribution in [3.05, 3.63) is 53.6 Å². The van der Waals surface area contributed by atoms with E-state index in [9.17, 15) is 18.0 Å². The lowest BCUT2D eigenvalue weighted by Gasteiger charge is -2.15. The molecule has 2 rings (SSSR count). The molecule has 0 aromatic heterocycles. The molecular formula is C18H18F3NO3. The maximum atomic E-state index is 12.9. The van der Waals surface area contributed by atoms with Crippen LogP contribution in [0.5, 0.6) is 11.5 Å². The molecule has 0 heterocycles. The summed E-state index contributed by atoms with van der Waals surface area (Å²) in [4.78, 5) is 12.3. The zero-order chi connectivity index (χ0) is 18.4. The molecule has 1 amide bonds. The third-order valence-electron chi connectivity index (χ3n) is 3.37. The minimum Gasteiger partial charge on any atom is -0.497 e. The smallest absolute Gasteiger partial charge is 0.416 e. The van der Waals surface area contributed by atoms with Gasteiger partial charge in [0.15, 0.2) is 0 Å². The van der Waals surface area contributed by atoms with Gasteiger partial charge in [-0.3, -0.25) is 4.79 Å². The van der Waals surface area contributed by atoms with Gasteiger partial charge in [-0.1, -0.05) is 6.92 Å². The lowest BCUT2D eigenvalue weighted by molar-refractivity contribution is -0.137. The molecule has 0 unspecified atom stereocenters. The zero-order valence-corrected chi connectivity index (χ0v) is 13.8. The number of ether oxygens (including phenoxy) is 2. The van der Waals surface area contributed by atoms with Crippen molar-refractivity contribution in [1.82, 2.24) is 0 Å². The highest BCUT2D eigenvalue weighted by Gasteiger charge is 2.31. The summed E-state index contributed by atoms with van der Waals surface area (Å²) < 4.78 is 49.2. The number of methoxy groups -OCH3 is 1. The van der Waals surface area contributed by atoms with Gasteiger partial charge < -0.3 is 14.8 Å². The predicted molar refractivity (Wildman–Crippen MR) is 88.2 cm³/mol. The number of halogens is 3. The quantitative estimate of drug-likeness (QED) is 0.815. The van der Waals surface area contributed by atoms with Crippen LogP contribution in [0.1, 0.15) is 29.3 Å². The van der Waals surface area contributed by atoms with Crippen molar-refractivity contribution in [2.24, 2.45) is 0 Å². The number of hydrogen-bond acceptors (Lipinski definition) is 3. The van der Waals surface area contributed by atoms with Gasteiger partial charge >= 0.3 is 6.18 Å². The number of hydrogen-bond donors (Lipinski definition) is 1. The Hall–Kier alpha value is -2.70. The number of carbonyl (C=O) groups is 1. The lowest BCUT2D eigenvalue weighted by atomic mass is 10.1. The average Bonchev–Trinajstić information content (AvgIpc) is 2.59. The Bertz CT molecular complexity index is 727. The maximum absolute atomic E-state index is 12.9. The van der Waals surface area contributed by atoms with Gasteiger partial charge in [0, 0.05) is 5.56 Å². The molecule has 0 atom stereocenters. The fourth-order valence-corrected chi connectivity index (χ4v) is 2.08. The molecule has 2 aromatic carbocycles. The topological polar surface area (TPSA) is 47.6 Å². The molecule has 0 aliphatic heterocycles. The van der Waals surface area contributed by atoms with Gasteiger partial charge in [0.25, 0.3) is 5.91 Å². The van der Waals surface area contributed by atoms with E-state index in [1.54, 1.807) is 12.1 Å². The summed E-state index contributed by atoms with van der Waals surface area (Å²) in [6.45, 7) is 2.20. The number of nitrogens with one attached hydrogen (secondary N) is 1. The van der Waals surface area contributed by atoms with Crippen LogP contribution in [-0.2, 0) is 6.18 Å². The van der Waals surface area contributed by atoms with E-state index in [-0.39, 0.29) is 11.4 Å². The first-order chi connectivity index (χ1) is 11.8. The van der Waals surface area contributed by atoms with Crippen LogP contribution in [0.25, 0.3) is 0 Å². The van der Waals surface area contributed by atoms with Crippen LogP contribution in [-0.4, -0.2) is 19.6 Å². The summed E-state index contributed by atoms with van der Waals surface area (Å²) >= 11 is 0. The Labute approximate surface area is 143 Å². The van der Waals surface area contributed by atoms with Crippen molar-refractivity contribution in [2.75, 3.05) is 19.0 Å². The molecule has 0 spiro atoms. The molecule has 0 aliphatic rings. The van der Waals surface area contributed by atoms with E-state index in [4.69, 9.17) is 9.47 Å². The van der Waals surface area contributed by atoms with Gasteiger partial charge in [-0.25, -0.2) is 0 Å². The van der Waals surface area contributed by atoms with E-state index < -0.39 is 17.6 Å². The summed E-state index contributed by atoms with van der Waals surface area (Å²) in [6, 6.07) is 9.23. The van der Waals surface area contributed by atoms with E-state index in [0.717, 1.165) is 12.1 Å². The third-order valence-corrected chi connectivity index (χ3v) is 3.37. The summed E-state index contributed by atoms with van der Waals surface area (Å²) in [7, 11) is 1.50. The molecule has 0 radical (unpaired) electrons. The molecule has 1 N–H and O–H groups in total. The standard InChI is InChI=1S/C18H18F3NO3/c1-3-10-25-16-9-6-13(18(19,20)21)11-15(16)22-17(23)12-4-7-14(24-2)8-5-12/h4-9,11H,3,10H2,1-2H3,(H,22,23). The van der Waals surface area contributed by atoms with E-state index >= 15 is 0 Å². The molecule has 0 bridgehead atoms. The van der Waals surface area contributed by atoms with Crippen molar-refractivity contribution < 1.29 is 27.4 Å². The van der Waals surface area contributed by atoms with Gasteiger partial charge in [-0.15, -0.1) is 0 Å². The van der Waals surface area contributed by atoms with Crippen LogP contribution in [0.15, 0.2) is 42.5 Å². The van der Waals surface area contributed by atoms with Gasteiger partial charge in [0.1, 0.15) is 11.5 Å². The molecule has 2 aromatic rings. The first-order valence-electron chi connectivity index (χ1n) is 7.64. The fraction of sp³-hybridized carbons (Fsp3) is 0.278. The first kappa shape index (κ1) is 18.6. The van der Waals surface area contributed by atoms with Crippen LogP contribution >= 0.6 is 0 Å². The van der Waals surface area contributed by atoms with Crippen molar-refractivity contribution in [2.45, 2.75) is 19.5 Å². The second kappa shape index (κ2) is 7.92. The molecule has 134 valence electrons.